The van der Waals surface area contributed by atoms with E-state index in [1.165, 1.54) is 0 Å². The molecule has 1 amide bonds. The average molecular weight is 212 g/mol. The highest BCUT2D eigenvalue weighted by atomic mass is 16.3. The Balaban J connectivity index is 2.25. The molecule has 1 heterocycles. The zero-order valence-corrected chi connectivity index (χ0v) is 8.63. The Labute approximate surface area is 88.1 Å². The summed E-state index contributed by atoms with van der Waals surface area (Å²) in [4.78, 5) is 10.7. The van der Waals surface area contributed by atoms with E-state index in [2.05, 4.69) is 10.4 Å². The second kappa shape index (κ2) is 5.47. The van der Waals surface area contributed by atoms with E-state index >= 15 is 0 Å². The third-order valence-corrected chi connectivity index (χ3v) is 2.04. The number of carbonyl (C=O) groups excluding carboxylic acids is 1. The van der Waals surface area contributed by atoms with Gasteiger partial charge < -0.3 is 16.2 Å². The summed E-state index contributed by atoms with van der Waals surface area (Å²) in [6.07, 6.45) is 2.82. The predicted molar refractivity (Wildman–Crippen MR) is 54.9 cm³/mol. The Bertz CT molecular complexity index is 299. The maximum atomic E-state index is 10.7. The van der Waals surface area contributed by atoms with Crippen LogP contribution in [-0.4, -0.2) is 39.5 Å². The third kappa shape index (κ3) is 4.09. The fraction of sp³-hybridized carbons (Fsp3) is 0.556. The first kappa shape index (κ1) is 11.7. The number of nitrogens with one attached hydrogen (secondary N) is 1. The molecule has 0 radical (unpaired) electrons. The van der Waals surface area contributed by atoms with E-state index in [9.17, 15) is 9.90 Å². The molecule has 0 aliphatic heterocycles. The van der Waals surface area contributed by atoms with Gasteiger partial charge in [0.1, 0.15) is 0 Å². The summed E-state index contributed by atoms with van der Waals surface area (Å²) < 4.78 is 1.63. The molecular weight excluding hydrogens is 196 g/mol. The number of aliphatic hydroxyl groups is 1. The number of rotatable bonds is 6. The molecule has 0 bridgehead atoms. The smallest absolute Gasteiger partial charge is 0.234 e. The molecule has 15 heavy (non-hydrogen) atoms. The fourth-order valence-corrected chi connectivity index (χ4v) is 1.10. The van der Waals surface area contributed by atoms with Crippen LogP contribution in [0.15, 0.2) is 18.5 Å². The van der Waals surface area contributed by atoms with Crippen LogP contribution in [-0.2, 0) is 11.3 Å². The summed E-state index contributed by atoms with van der Waals surface area (Å²) in [5.74, 6) is -0.429. The van der Waals surface area contributed by atoms with E-state index in [1.54, 1.807) is 30.1 Å². The molecule has 6 heteroatoms. The number of aliphatic hydroxyl groups excluding tert-OH is 1. The van der Waals surface area contributed by atoms with Crippen molar-refractivity contribution in [3.05, 3.63) is 18.5 Å². The number of amides is 1. The van der Waals surface area contributed by atoms with Crippen molar-refractivity contribution in [3.63, 3.8) is 0 Å². The van der Waals surface area contributed by atoms with Crippen molar-refractivity contribution in [3.8, 4) is 0 Å². The molecule has 1 aromatic rings. The molecule has 1 aromatic heterocycles. The van der Waals surface area contributed by atoms with Crippen LogP contribution in [0.5, 0.6) is 0 Å². The van der Waals surface area contributed by atoms with Gasteiger partial charge in [0.05, 0.1) is 18.7 Å². The van der Waals surface area contributed by atoms with Crippen LogP contribution >= 0.6 is 0 Å². The van der Waals surface area contributed by atoms with Crippen molar-refractivity contribution in [2.45, 2.75) is 25.6 Å². The minimum absolute atomic E-state index is 0.309. The molecule has 6 nitrogen and oxygen atoms in total. The summed E-state index contributed by atoms with van der Waals surface area (Å²) in [5.41, 5.74) is 5.06. The lowest BCUT2D eigenvalue weighted by atomic mass is 10.3. The maximum Gasteiger partial charge on any atom is 0.234 e. The average Bonchev–Trinajstić information content (AvgIpc) is 2.66. The van der Waals surface area contributed by atoms with Crippen molar-refractivity contribution < 1.29 is 9.90 Å². The second-order valence-electron chi connectivity index (χ2n) is 3.41. The number of carbonyl (C=O) groups is 1. The molecule has 0 aromatic carbocycles. The highest BCUT2D eigenvalue weighted by Crippen LogP contribution is 1.90. The van der Waals surface area contributed by atoms with Crippen LogP contribution in [0.25, 0.3) is 0 Å². The van der Waals surface area contributed by atoms with Gasteiger partial charge in [0, 0.05) is 18.9 Å². The van der Waals surface area contributed by atoms with Gasteiger partial charge in [0.15, 0.2) is 0 Å². The Morgan fingerprint density at radius 1 is 1.73 bits per heavy atom. The molecule has 2 atom stereocenters. The van der Waals surface area contributed by atoms with Crippen LogP contribution in [0.2, 0.25) is 0 Å². The Morgan fingerprint density at radius 3 is 3.00 bits per heavy atom. The number of nitrogens with zero attached hydrogens (tertiary/aromatic N) is 2. The first-order valence-corrected chi connectivity index (χ1v) is 4.78. The largest absolute Gasteiger partial charge is 0.390 e. The number of nitrogens with two attached hydrogens (primary N) is 1. The topological polar surface area (TPSA) is 93.2 Å². The van der Waals surface area contributed by atoms with Gasteiger partial charge in [-0.3, -0.25) is 9.48 Å². The van der Waals surface area contributed by atoms with E-state index in [0.717, 1.165) is 0 Å². The quantitative estimate of drug-likeness (QED) is 0.547. The summed E-state index contributed by atoms with van der Waals surface area (Å²) in [6.45, 7) is 2.36. The molecular formula is C9H16N4O2. The number of aromatic nitrogens is 2. The van der Waals surface area contributed by atoms with Gasteiger partial charge in [-0.25, -0.2) is 0 Å². The first-order chi connectivity index (χ1) is 7.09. The molecule has 1 rings (SSSR count). The van der Waals surface area contributed by atoms with Crippen molar-refractivity contribution in [1.29, 1.82) is 0 Å². The van der Waals surface area contributed by atoms with E-state index in [4.69, 9.17) is 5.73 Å². The van der Waals surface area contributed by atoms with Crippen molar-refractivity contribution in [2.75, 3.05) is 6.54 Å². The van der Waals surface area contributed by atoms with Gasteiger partial charge in [-0.15, -0.1) is 0 Å². The highest BCUT2D eigenvalue weighted by Gasteiger charge is 2.11. The summed E-state index contributed by atoms with van der Waals surface area (Å²) in [5, 5.41) is 16.4. The molecule has 0 fully saturated rings. The Hall–Kier alpha value is -1.40. The lowest BCUT2D eigenvalue weighted by Gasteiger charge is -2.14. The monoisotopic (exact) mass is 212 g/mol. The molecule has 0 spiro atoms. The van der Waals surface area contributed by atoms with Crippen LogP contribution in [0, 0.1) is 0 Å². The van der Waals surface area contributed by atoms with Crippen molar-refractivity contribution >= 4 is 5.91 Å². The molecule has 2 unspecified atom stereocenters. The van der Waals surface area contributed by atoms with Gasteiger partial charge >= 0.3 is 0 Å². The molecule has 4 N–H and O–H groups in total. The first-order valence-electron chi connectivity index (χ1n) is 4.78. The Morgan fingerprint density at radius 2 is 2.47 bits per heavy atom. The summed E-state index contributed by atoms with van der Waals surface area (Å²) >= 11 is 0. The minimum atomic E-state index is -0.591. The summed E-state index contributed by atoms with van der Waals surface area (Å²) in [6, 6.07) is 1.35. The maximum absolute atomic E-state index is 10.7. The highest BCUT2D eigenvalue weighted by molar-refractivity contribution is 5.79. The molecule has 0 aliphatic rings. The van der Waals surface area contributed by atoms with E-state index < -0.39 is 18.1 Å². The van der Waals surface area contributed by atoms with Gasteiger partial charge in [-0.2, -0.15) is 5.10 Å². The minimum Gasteiger partial charge on any atom is -0.390 e. The van der Waals surface area contributed by atoms with E-state index in [1.807, 2.05) is 0 Å². The number of hydrogen-bond acceptors (Lipinski definition) is 4. The second-order valence-corrected chi connectivity index (χ2v) is 3.41. The van der Waals surface area contributed by atoms with Crippen molar-refractivity contribution in [2.24, 2.45) is 5.73 Å². The fourth-order valence-electron chi connectivity index (χ4n) is 1.10. The SMILES string of the molecule is CC(NCC(O)Cn1cccn1)C(N)=O. The normalized spacial score (nSPS) is 14.8. The number of hydrogen-bond donors (Lipinski definition) is 3. The van der Waals surface area contributed by atoms with Crippen LogP contribution in [0.4, 0.5) is 0 Å². The van der Waals surface area contributed by atoms with Crippen LogP contribution < -0.4 is 11.1 Å². The molecule has 0 aliphatic carbocycles. The van der Waals surface area contributed by atoms with Crippen LogP contribution in [0.1, 0.15) is 6.92 Å². The van der Waals surface area contributed by atoms with Crippen LogP contribution in [0.3, 0.4) is 0 Å². The van der Waals surface area contributed by atoms with E-state index in [0.29, 0.717) is 13.1 Å². The van der Waals surface area contributed by atoms with Gasteiger partial charge in [-0.1, -0.05) is 0 Å². The molecule has 84 valence electrons. The van der Waals surface area contributed by atoms with Gasteiger partial charge in [0.25, 0.3) is 0 Å². The summed E-state index contributed by atoms with van der Waals surface area (Å²) in [7, 11) is 0. The Kier molecular flexibility index (Phi) is 4.26. The van der Waals surface area contributed by atoms with Gasteiger partial charge in [0.2, 0.25) is 5.91 Å². The van der Waals surface area contributed by atoms with Gasteiger partial charge in [-0.05, 0) is 13.0 Å². The third-order valence-electron chi connectivity index (χ3n) is 2.04. The lowest BCUT2D eigenvalue weighted by molar-refractivity contribution is -0.119. The van der Waals surface area contributed by atoms with E-state index in [-0.39, 0.29) is 0 Å². The molecule has 0 saturated heterocycles. The standard InChI is InChI=1S/C9H16N4O2/c1-7(9(10)15)11-5-8(14)6-13-4-2-3-12-13/h2-4,7-8,11,14H,5-6H2,1H3,(H2,10,15). The lowest BCUT2D eigenvalue weighted by Crippen LogP contribution is -2.43. The zero-order chi connectivity index (χ0) is 11.3. The molecule has 0 saturated carbocycles. The predicted octanol–water partition coefficient (Wildman–Crippen LogP) is -1.29. The number of primary amides is 1. The zero-order valence-electron chi connectivity index (χ0n) is 8.63. The van der Waals surface area contributed by atoms with Crippen molar-refractivity contribution in [1.82, 2.24) is 15.1 Å².